The van der Waals surface area contributed by atoms with Crippen molar-refractivity contribution in [3.8, 4) is 6.07 Å². The molecule has 1 aliphatic carbocycles. The molecule has 2 heterocycles. The van der Waals surface area contributed by atoms with E-state index in [1.165, 1.54) is 17.0 Å². The van der Waals surface area contributed by atoms with Crippen LogP contribution in [0.15, 0.2) is 59.8 Å². The van der Waals surface area contributed by atoms with E-state index in [9.17, 15) is 28.0 Å². The molecule has 2 atom stereocenters. The largest absolute Gasteiger partial charge is 0.416 e. The number of amides is 2. The highest BCUT2D eigenvalue weighted by molar-refractivity contribution is 6.06. The van der Waals surface area contributed by atoms with E-state index in [1.54, 1.807) is 29.2 Å². The van der Waals surface area contributed by atoms with Crippen molar-refractivity contribution < 1.29 is 27.5 Å². The maximum Gasteiger partial charge on any atom is 0.416 e. The lowest BCUT2D eigenvalue weighted by atomic mass is 9.83. The van der Waals surface area contributed by atoms with Crippen LogP contribution in [0.4, 0.5) is 23.7 Å². The lowest BCUT2D eigenvalue weighted by Gasteiger charge is -2.46. The normalized spacial score (nSPS) is 22.6. The number of hydrogen-bond donors (Lipinski definition) is 0. The summed E-state index contributed by atoms with van der Waals surface area (Å²) in [6, 6.07) is 12.3. The van der Waals surface area contributed by atoms with Crippen LogP contribution in [0.5, 0.6) is 0 Å². The molecular weight excluding hydrogens is 471 g/mol. The summed E-state index contributed by atoms with van der Waals surface area (Å²) >= 11 is 0. The Hall–Kier alpha value is -3.64. The fourth-order valence-corrected chi connectivity index (χ4v) is 5.26. The van der Waals surface area contributed by atoms with E-state index in [4.69, 9.17) is 4.74 Å². The molecule has 2 unspecified atom stereocenters. The first kappa shape index (κ1) is 24.1. The van der Waals surface area contributed by atoms with Gasteiger partial charge in [-0.25, -0.2) is 4.79 Å². The number of anilines is 1. The van der Waals surface area contributed by atoms with Gasteiger partial charge in [0.1, 0.15) is 0 Å². The van der Waals surface area contributed by atoms with E-state index >= 15 is 0 Å². The van der Waals surface area contributed by atoms with Crippen molar-refractivity contribution in [3.63, 3.8) is 0 Å². The van der Waals surface area contributed by atoms with Gasteiger partial charge in [-0.15, -0.1) is 0 Å². The number of carbonyl (C=O) groups excluding carboxylic acids is 2. The molecule has 2 aromatic carbocycles. The number of halogens is 3. The maximum absolute atomic E-state index is 14.1. The van der Waals surface area contributed by atoms with E-state index in [0.717, 1.165) is 18.6 Å². The average Bonchev–Trinajstić information content (AvgIpc) is 3.38. The third kappa shape index (κ3) is 4.37. The van der Waals surface area contributed by atoms with Gasteiger partial charge in [-0.3, -0.25) is 9.69 Å². The van der Waals surface area contributed by atoms with E-state index < -0.39 is 23.8 Å². The van der Waals surface area contributed by atoms with Crippen LogP contribution < -0.4 is 4.90 Å². The highest BCUT2D eigenvalue weighted by Gasteiger charge is 2.45. The van der Waals surface area contributed by atoms with Gasteiger partial charge in [-0.05, 0) is 55.2 Å². The summed E-state index contributed by atoms with van der Waals surface area (Å²) in [5, 5.41) is 9.21. The number of alkyl halides is 3. The van der Waals surface area contributed by atoms with Gasteiger partial charge < -0.3 is 9.64 Å². The van der Waals surface area contributed by atoms with E-state index in [-0.39, 0.29) is 17.4 Å². The number of carbonyl (C=O) groups is 2. The maximum atomic E-state index is 14.1. The third-order valence-corrected chi connectivity index (χ3v) is 6.99. The third-order valence-electron chi connectivity index (χ3n) is 6.99. The van der Waals surface area contributed by atoms with Crippen LogP contribution in [0.2, 0.25) is 0 Å². The molecule has 0 spiro atoms. The molecule has 6 nitrogen and oxygen atoms in total. The Morgan fingerprint density at radius 2 is 1.86 bits per heavy atom. The Bertz CT molecular complexity index is 1260. The molecule has 0 aromatic heterocycles. The first-order chi connectivity index (χ1) is 17.3. The molecule has 186 valence electrons. The lowest BCUT2D eigenvalue weighted by Crippen LogP contribution is -2.53. The fourth-order valence-electron chi connectivity index (χ4n) is 5.26. The van der Waals surface area contributed by atoms with Gasteiger partial charge in [0, 0.05) is 36.8 Å². The molecule has 2 aromatic rings. The first-order valence-corrected chi connectivity index (χ1v) is 11.9. The Kier molecular flexibility index (Phi) is 6.31. The molecule has 3 aliphatic rings. The highest BCUT2D eigenvalue weighted by Crippen LogP contribution is 2.45. The number of nitrogens with zero attached hydrogens (tertiary/aromatic N) is 3. The summed E-state index contributed by atoms with van der Waals surface area (Å²) < 4.78 is 46.0. The summed E-state index contributed by atoms with van der Waals surface area (Å²) in [5.41, 5.74) is 1.25. The number of ketones is 1. The topological polar surface area (TPSA) is 73.6 Å². The highest BCUT2D eigenvalue weighted by atomic mass is 19.4. The summed E-state index contributed by atoms with van der Waals surface area (Å²) in [4.78, 5) is 30.3. The molecule has 0 saturated carbocycles. The molecule has 0 bridgehead atoms. The second-order valence-electron chi connectivity index (χ2n) is 9.32. The van der Waals surface area contributed by atoms with E-state index in [1.807, 2.05) is 0 Å². The molecule has 0 N–H and O–H groups in total. The van der Waals surface area contributed by atoms with Crippen LogP contribution in [-0.4, -0.2) is 36.5 Å². The van der Waals surface area contributed by atoms with Gasteiger partial charge >= 0.3 is 12.2 Å². The zero-order valence-electron chi connectivity index (χ0n) is 19.4. The van der Waals surface area contributed by atoms with Gasteiger partial charge in [-0.1, -0.05) is 18.2 Å². The van der Waals surface area contributed by atoms with E-state index in [0.29, 0.717) is 61.4 Å². The number of urea groups is 1. The number of allylic oxidation sites excluding steroid dienone is 1. The Balaban J connectivity index is 1.68. The summed E-state index contributed by atoms with van der Waals surface area (Å²) in [5.74, 6) is -0.0817. The number of hydrogen-bond acceptors (Lipinski definition) is 4. The number of Topliss-reactive ketones (excluding diaryl/α,β-unsaturated/α-hetero) is 1. The van der Waals surface area contributed by atoms with Crippen molar-refractivity contribution in [3.05, 3.63) is 76.5 Å². The molecule has 2 aliphatic heterocycles. The molecule has 9 heteroatoms. The molecular formula is C27H24F3N3O3. The molecule has 2 amide bonds. The lowest BCUT2D eigenvalue weighted by molar-refractivity contribution is -0.137. The number of nitriles is 1. The summed E-state index contributed by atoms with van der Waals surface area (Å²) in [7, 11) is 0. The van der Waals surface area contributed by atoms with Crippen molar-refractivity contribution in [1.29, 1.82) is 5.26 Å². The fraction of sp³-hybridized carbons (Fsp3) is 0.370. The van der Waals surface area contributed by atoms with Crippen LogP contribution in [0.3, 0.4) is 0 Å². The Labute approximate surface area is 206 Å². The van der Waals surface area contributed by atoms with Crippen LogP contribution in [0.25, 0.3) is 0 Å². The predicted octanol–water partition coefficient (Wildman–Crippen LogP) is 5.60. The SMILES string of the molecule is N#Cc1ccc(C2C3=C(CCCC3=O)N(c3cccc(C(F)(F)F)c3)C(=O)N2CC2CCOC2)cc1. The second-order valence-corrected chi connectivity index (χ2v) is 9.32. The number of benzene rings is 2. The molecule has 36 heavy (non-hydrogen) atoms. The number of rotatable bonds is 4. The zero-order chi connectivity index (χ0) is 25.4. The first-order valence-electron chi connectivity index (χ1n) is 11.9. The van der Waals surface area contributed by atoms with Gasteiger partial charge in [-0.2, -0.15) is 18.4 Å². The minimum atomic E-state index is -4.57. The van der Waals surface area contributed by atoms with Crippen LogP contribution >= 0.6 is 0 Å². The van der Waals surface area contributed by atoms with Crippen molar-refractivity contribution in [1.82, 2.24) is 4.90 Å². The monoisotopic (exact) mass is 495 g/mol. The van der Waals surface area contributed by atoms with Gasteiger partial charge in [0.15, 0.2) is 5.78 Å². The van der Waals surface area contributed by atoms with Crippen molar-refractivity contribution in [2.24, 2.45) is 5.92 Å². The molecule has 1 saturated heterocycles. The minimum Gasteiger partial charge on any atom is -0.381 e. The number of ether oxygens (including phenoxy) is 1. The predicted molar refractivity (Wildman–Crippen MR) is 125 cm³/mol. The quantitative estimate of drug-likeness (QED) is 0.553. The van der Waals surface area contributed by atoms with Crippen molar-refractivity contribution in [2.45, 2.75) is 37.9 Å². The summed E-state index contributed by atoms with van der Waals surface area (Å²) in [6.07, 6.45) is -2.61. The molecule has 1 fully saturated rings. The average molecular weight is 496 g/mol. The zero-order valence-corrected chi connectivity index (χ0v) is 19.4. The van der Waals surface area contributed by atoms with Gasteiger partial charge in [0.2, 0.25) is 0 Å². The van der Waals surface area contributed by atoms with Crippen molar-refractivity contribution in [2.75, 3.05) is 24.7 Å². The summed E-state index contributed by atoms with van der Waals surface area (Å²) in [6.45, 7) is 1.33. The Morgan fingerprint density at radius 1 is 1.08 bits per heavy atom. The van der Waals surface area contributed by atoms with Gasteiger partial charge in [0.05, 0.1) is 35.5 Å². The van der Waals surface area contributed by atoms with Crippen LogP contribution in [0, 0.1) is 17.2 Å². The van der Waals surface area contributed by atoms with E-state index in [2.05, 4.69) is 6.07 Å². The molecule has 5 rings (SSSR count). The Morgan fingerprint density at radius 3 is 2.53 bits per heavy atom. The van der Waals surface area contributed by atoms with Crippen LogP contribution in [0.1, 0.15) is 48.4 Å². The second kappa shape index (κ2) is 9.43. The smallest absolute Gasteiger partial charge is 0.381 e. The van der Waals surface area contributed by atoms with Crippen LogP contribution in [-0.2, 0) is 15.7 Å². The molecule has 0 radical (unpaired) electrons. The minimum absolute atomic E-state index is 0.0408. The van der Waals surface area contributed by atoms with Crippen molar-refractivity contribution >= 4 is 17.5 Å². The standard InChI is InChI=1S/C27H24F3N3O3/c28-27(29,30)20-3-1-4-21(13-20)33-22-5-2-6-23(34)24(22)25(19-9-7-17(14-31)8-10-19)32(26(33)35)15-18-11-12-36-16-18/h1,3-4,7-10,13,18,25H,2,5-6,11-12,15-16H2. The van der Waals surface area contributed by atoms with Gasteiger partial charge in [0.25, 0.3) is 0 Å².